The van der Waals surface area contributed by atoms with Crippen LogP contribution in [0, 0.1) is 0 Å². The summed E-state index contributed by atoms with van der Waals surface area (Å²) >= 11 is 0. The monoisotopic (exact) mass is 270 g/mol. The maximum Gasteiger partial charge on any atom is 1.00 e. The molecule has 0 saturated carbocycles. The van der Waals surface area contributed by atoms with Gasteiger partial charge in [0.05, 0.1) is 0 Å². The van der Waals surface area contributed by atoms with Gasteiger partial charge in [0.2, 0.25) is 20.8 Å². The van der Waals surface area contributed by atoms with Crippen LogP contribution in [0.4, 0.5) is 0 Å². The molecule has 14 heteroatoms. The van der Waals surface area contributed by atoms with Gasteiger partial charge in [-0.05, 0) is 10.1 Å². The van der Waals surface area contributed by atoms with Crippen molar-refractivity contribution in [1.29, 1.82) is 0 Å². The molecule has 74 valence electrons. The molecule has 0 N–H and O–H groups in total. The Hall–Kier alpha value is 1.66. The molecule has 0 bridgehead atoms. The molecule has 0 fully saturated rings. The van der Waals surface area contributed by atoms with E-state index in [0.717, 1.165) is 0 Å². The summed E-state index contributed by atoms with van der Waals surface area (Å²) < 4.78 is 62.5. The van der Waals surface area contributed by atoms with Crippen molar-refractivity contribution < 1.29 is 104 Å². The quantitative estimate of drug-likeness (QED) is 0.117. The molecule has 0 saturated heterocycles. The van der Waals surface area contributed by atoms with E-state index in [2.05, 4.69) is 18.7 Å². The van der Waals surface area contributed by atoms with Gasteiger partial charge in [-0.1, -0.05) is 8.67 Å². The SMILES string of the molecule is O=S(=O)([O-])OOOOS(=O)(=O)[O-].[Na+].[Na+]. The van der Waals surface area contributed by atoms with E-state index in [1.165, 1.54) is 0 Å². The third-order valence-corrected chi connectivity index (χ3v) is 0.694. The van der Waals surface area contributed by atoms with E-state index < -0.39 is 20.8 Å². The van der Waals surface area contributed by atoms with Gasteiger partial charge in [0.25, 0.3) is 0 Å². The molecule has 0 aliphatic rings. The Morgan fingerprint density at radius 3 is 1.07 bits per heavy atom. The largest absolute Gasteiger partial charge is 1.00 e. The summed E-state index contributed by atoms with van der Waals surface area (Å²) in [4.78, 5) is 0. The zero-order valence-electron chi connectivity index (χ0n) is 6.90. The van der Waals surface area contributed by atoms with E-state index in [9.17, 15) is 25.9 Å². The van der Waals surface area contributed by atoms with E-state index in [-0.39, 0.29) is 59.1 Å². The van der Waals surface area contributed by atoms with E-state index in [4.69, 9.17) is 0 Å². The second-order valence-electron chi connectivity index (χ2n) is 1.09. The van der Waals surface area contributed by atoms with Crippen molar-refractivity contribution in [3.05, 3.63) is 0 Å². The molecule has 0 spiro atoms. The maximum atomic E-state index is 9.49. The fourth-order valence-electron chi connectivity index (χ4n) is 0.0907. The van der Waals surface area contributed by atoms with Gasteiger partial charge >= 0.3 is 59.1 Å². The van der Waals surface area contributed by atoms with E-state index in [1.54, 1.807) is 0 Å². The van der Waals surface area contributed by atoms with Crippen molar-refractivity contribution in [3.63, 3.8) is 0 Å². The number of rotatable bonds is 5. The second kappa shape index (κ2) is 8.77. The van der Waals surface area contributed by atoms with Crippen LogP contribution in [0.25, 0.3) is 0 Å². The third-order valence-electron chi connectivity index (χ3n) is 0.250. The van der Waals surface area contributed by atoms with Crippen LogP contribution in [0.2, 0.25) is 0 Å². The first kappa shape index (κ1) is 21.0. The van der Waals surface area contributed by atoms with Crippen LogP contribution in [-0.4, -0.2) is 25.9 Å². The predicted octanol–water partition coefficient (Wildman–Crippen LogP) is -8.27. The Morgan fingerprint density at radius 1 is 0.714 bits per heavy atom. The molecule has 0 heterocycles. The maximum absolute atomic E-state index is 9.49. The van der Waals surface area contributed by atoms with E-state index in [1.807, 2.05) is 0 Å². The minimum atomic E-state index is -5.22. The van der Waals surface area contributed by atoms with Crippen molar-refractivity contribution in [2.24, 2.45) is 0 Å². The van der Waals surface area contributed by atoms with Gasteiger partial charge < -0.3 is 9.11 Å². The molecule has 0 aliphatic heterocycles. The molecule has 14 heavy (non-hydrogen) atoms. The smallest absolute Gasteiger partial charge is 0.724 e. The van der Waals surface area contributed by atoms with Crippen LogP contribution < -0.4 is 59.1 Å². The summed E-state index contributed by atoms with van der Waals surface area (Å²) in [7, 11) is -10.4. The first-order valence-corrected chi connectivity index (χ1v) is 4.50. The Bertz CT molecular complexity index is 276. The minimum absolute atomic E-state index is 0. The average Bonchev–Trinajstić information content (AvgIpc) is 1.76. The van der Waals surface area contributed by atoms with Crippen LogP contribution in [0.5, 0.6) is 0 Å². The van der Waals surface area contributed by atoms with E-state index in [0.29, 0.717) is 0 Å². The molecule has 0 aliphatic carbocycles. The molecule has 0 radical (unpaired) electrons. The van der Waals surface area contributed by atoms with Crippen molar-refractivity contribution in [3.8, 4) is 0 Å². The molecule has 0 aromatic rings. The molecule has 0 rings (SSSR count). The second-order valence-corrected chi connectivity index (χ2v) is 2.99. The number of hydrogen-bond acceptors (Lipinski definition) is 10. The van der Waals surface area contributed by atoms with Crippen LogP contribution in [0.3, 0.4) is 0 Å². The predicted molar refractivity (Wildman–Crippen MR) is 23.7 cm³/mol. The van der Waals surface area contributed by atoms with Gasteiger partial charge in [0.1, 0.15) is 0 Å². The number of hydrogen-bond donors (Lipinski definition) is 0. The van der Waals surface area contributed by atoms with Crippen molar-refractivity contribution in [2.45, 2.75) is 0 Å². The molecule has 0 amide bonds. The zero-order valence-corrected chi connectivity index (χ0v) is 12.5. The van der Waals surface area contributed by atoms with Crippen LogP contribution >= 0.6 is 0 Å². The molecule has 0 aromatic carbocycles. The minimum Gasteiger partial charge on any atom is -0.724 e. The van der Waals surface area contributed by atoms with Gasteiger partial charge in [-0.25, -0.2) is 16.8 Å². The normalized spacial score (nSPS) is 11.3. The Labute approximate surface area is 123 Å². The van der Waals surface area contributed by atoms with Gasteiger partial charge in [0, 0.05) is 0 Å². The van der Waals surface area contributed by atoms with E-state index >= 15 is 0 Å². The summed E-state index contributed by atoms with van der Waals surface area (Å²) in [6.45, 7) is 0. The van der Waals surface area contributed by atoms with Gasteiger partial charge in [-0.3, -0.25) is 0 Å². The topological polar surface area (TPSA) is 151 Å². The average molecular weight is 270 g/mol. The summed E-state index contributed by atoms with van der Waals surface area (Å²) in [5.74, 6) is 0. The van der Waals surface area contributed by atoms with Gasteiger partial charge in [-0.15, -0.1) is 0 Å². The third kappa shape index (κ3) is 19.3. The van der Waals surface area contributed by atoms with Gasteiger partial charge in [-0.2, -0.15) is 0 Å². The van der Waals surface area contributed by atoms with Crippen LogP contribution in [0.15, 0.2) is 0 Å². The van der Waals surface area contributed by atoms with Crippen LogP contribution in [-0.2, 0) is 39.5 Å². The summed E-state index contributed by atoms with van der Waals surface area (Å²) in [6.07, 6.45) is 0. The zero-order chi connectivity index (χ0) is 9.83. The fraction of sp³-hybridized carbons (Fsp3) is 0. The van der Waals surface area contributed by atoms with Crippen molar-refractivity contribution >= 4 is 20.8 Å². The first-order chi connectivity index (χ1) is 5.21. The first-order valence-electron chi connectivity index (χ1n) is 1.83. The Balaban J connectivity index is -0.000000605. The molecule has 0 unspecified atom stereocenters. The fourth-order valence-corrected chi connectivity index (χ4v) is 0.272. The summed E-state index contributed by atoms with van der Waals surface area (Å²) in [6, 6.07) is 0. The molecule has 0 atom stereocenters. The van der Waals surface area contributed by atoms with Crippen molar-refractivity contribution in [2.75, 3.05) is 0 Å². The van der Waals surface area contributed by atoms with Crippen molar-refractivity contribution in [1.82, 2.24) is 0 Å². The Morgan fingerprint density at radius 2 is 0.929 bits per heavy atom. The molecule has 0 aromatic heterocycles. The Kier molecular flexibility index (Phi) is 13.2. The standard InChI is InChI=1S/2Na.H2O10S2/c;;1-11(2,3)9-7-8-10-12(4,5)6/h;;(H,1,2,3)(H,4,5,6)/q2*+1;/p-2. The molecular weight excluding hydrogens is 270 g/mol. The van der Waals surface area contributed by atoms with Crippen LogP contribution in [0.1, 0.15) is 0 Å². The summed E-state index contributed by atoms with van der Waals surface area (Å²) in [5, 5.41) is 5.74. The summed E-state index contributed by atoms with van der Waals surface area (Å²) in [5.41, 5.74) is 0. The van der Waals surface area contributed by atoms with Gasteiger partial charge in [0.15, 0.2) is 0 Å². The molecular formula is Na2O10S2. The molecule has 10 nitrogen and oxygen atoms in total.